The fourth-order valence-corrected chi connectivity index (χ4v) is 2.23. The summed E-state index contributed by atoms with van der Waals surface area (Å²) in [7, 11) is 0. The van der Waals surface area contributed by atoms with Crippen LogP contribution in [0.25, 0.3) is 0 Å². The lowest BCUT2D eigenvalue weighted by atomic mass is 10.2. The minimum atomic E-state index is 0.239. The molecule has 0 bridgehead atoms. The van der Waals surface area contributed by atoms with E-state index in [1.165, 1.54) is 0 Å². The van der Waals surface area contributed by atoms with Crippen LogP contribution in [-0.4, -0.2) is 45.7 Å². The van der Waals surface area contributed by atoms with Crippen molar-refractivity contribution < 1.29 is 5.11 Å². The van der Waals surface area contributed by atoms with Crippen molar-refractivity contribution in [2.75, 3.05) is 25.0 Å². The maximum Gasteiger partial charge on any atom is 0.144 e. The number of aliphatic hydroxyl groups excluding tert-OH is 1. The predicted molar refractivity (Wildman–Crippen MR) is 66.7 cm³/mol. The number of aliphatic hydroxyl groups is 1. The van der Waals surface area contributed by atoms with Gasteiger partial charge >= 0.3 is 0 Å². The molecule has 0 saturated carbocycles. The molecule has 5 heteroatoms. The Morgan fingerprint density at radius 1 is 1.47 bits per heavy atom. The van der Waals surface area contributed by atoms with Crippen LogP contribution in [0.15, 0.2) is 12.4 Å². The Balaban J connectivity index is 1.94. The van der Waals surface area contributed by atoms with Crippen molar-refractivity contribution in [2.24, 2.45) is 0 Å². The maximum atomic E-state index is 9.24. The van der Waals surface area contributed by atoms with Crippen LogP contribution >= 0.6 is 0 Å². The van der Waals surface area contributed by atoms with Gasteiger partial charge in [-0.3, -0.25) is 9.88 Å². The summed E-state index contributed by atoms with van der Waals surface area (Å²) in [6.07, 6.45) is 5.82. The lowest BCUT2D eigenvalue weighted by Gasteiger charge is -2.21. The average molecular weight is 236 g/mol. The van der Waals surface area contributed by atoms with Gasteiger partial charge < -0.3 is 10.4 Å². The molecule has 1 saturated heterocycles. The number of aromatic nitrogens is 2. The number of hydrogen-bond donors (Lipinski definition) is 2. The van der Waals surface area contributed by atoms with Crippen LogP contribution in [0.3, 0.4) is 0 Å². The Hall–Kier alpha value is -1.20. The molecule has 17 heavy (non-hydrogen) atoms. The molecule has 0 aromatic carbocycles. The van der Waals surface area contributed by atoms with Gasteiger partial charge in [0.05, 0.1) is 24.7 Å². The van der Waals surface area contributed by atoms with Crippen molar-refractivity contribution in [2.45, 2.75) is 32.4 Å². The summed E-state index contributed by atoms with van der Waals surface area (Å²) >= 11 is 0. The maximum absolute atomic E-state index is 9.24. The number of hydrogen-bond acceptors (Lipinski definition) is 5. The van der Waals surface area contributed by atoms with E-state index in [0.29, 0.717) is 6.04 Å². The number of rotatable bonds is 5. The molecule has 0 amide bonds. The molecule has 2 N–H and O–H groups in total. The second-order valence-electron chi connectivity index (χ2n) is 4.37. The highest BCUT2D eigenvalue weighted by Gasteiger charge is 2.23. The van der Waals surface area contributed by atoms with Gasteiger partial charge in [-0.2, -0.15) is 0 Å². The number of nitrogens with one attached hydrogen (secondary N) is 1. The molecular formula is C12H20N4O. The molecule has 0 spiro atoms. The number of anilines is 1. The van der Waals surface area contributed by atoms with Gasteiger partial charge in [-0.1, -0.05) is 0 Å². The molecular weight excluding hydrogens is 216 g/mol. The van der Waals surface area contributed by atoms with Gasteiger partial charge in [-0.25, -0.2) is 4.98 Å². The van der Waals surface area contributed by atoms with Crippen molar-refractivity contribution in [1.29, 1.82) is 0 Å². The Labute approximate surface area is 102 Å². The summed E-state index contributed by atoms with van der Waals surface area (Å²) in [6, 6.07) is 0.297. The Kier molecular flexibility index (Phi) is 4.28. The smallest absolute Gasteiger partial charge is 0.144 e. The summed E-state index contributed by atoms with van der Waals surface area (Å²) < 4.78 is 0. The SMILES string of the molecule is CCNc1cnc(CN2CCCC2CO)cn1. The molecule has 2 heterocycles. The molecule has 1 aliphatic heterocycles. The molecule has 2 rings (SSSR count). The summed E-state index contributed by atoms with van der Waals surface area (Å²) in [5.41, 5.74) is 0.965. The third-order valence-corrected chi connectivity index (χ3v) is 3.14. The van der Waals surface area contributed by atoms with Crippen LogP contribution in [0.1, 0.15) is 25.5 Å². The van der Waals surface area contributed by atoms with Gasteiger partial charge in [0.25, 0.3) is 0 Å². The topological polar surface area (TPSA) is 61.3 Å². The van der Waals surface area contributed by atoms with Gasteiger partial charge in [0, 0.05) is 19.1 Å². The van der Waals surface area contributed by atoms with Gasteiger partial charge in [0.15, 0.2) is 0 Å². The molecule has 1 aromatic heterocycles. The lowest BCUT2D eigenvalue weighted by molar-refractivity contribution is 0.152. The zero-order chi connectivity index (χ0) is 12.1. The van der Waals surface area contributed by atoms with Crippen LogP contribution in [0.2, 0.25) is 0 Å². The first-order valence-corrected chi connectivity index (χ1v) is 6.23. The number of nitrogens with zero attached hydrogens (tertiary/aromatic N) is 3. The van der Waals surface area contributed by atoms with E-state index < -0.39 is 0 Å². The Morgan fingerprint density at radius 3 is 3.00 bits per heavy atom. The fourth-order valence-electron chi connectivity index (χ4n) is 2.23. The third kappa shape index (κ3) is 3.14. The monoisotopic (exact) mass is 236 g/mol. The Morgan fingerprint density at radius 2 is 2.35 bits per heavy atom. The normalized spacial score (nSPS) is 20.7. The second kappa shape index (κ2) is 5.93. The van der Waals surface area contributed by atoms with E-state index in [-0.39, 0.29) is 6.61 Å². The zero-order valence-corrected chi connectivity index (χ0v) is 10.3. The largest absolute Gasteiger partial charge is 0.395 e. The first-order valence-electron chi connectivity index (χ1n) is 6.23. The first-order chi connectivity index (χ1) is 8.33. The van der Waals surface area contributed by atoms with Crippen molar-refractivity contribution in [3.63, 3.8) is 0 Å². The minimum Gasteiger partial charge on any atom is -0.395 e. The van der Waals surface area contributed by atoms with E-state index in [4.69, 9.17) is 0 Å². The van der Waals surface area contributed by atoms with Crippen LogP contribution in [0.4, 0.5) is 5.82 Å². The molecule has 5 nitrogen and oxygen atoms in total. The van der Waals surface area contributed by atoms with Crippen molar-refractivity contribution in [1.82, 2.24) is 14.9 Å². The van der Waals surface area contributed by atoms with E-state index in [1.54, 1.807) is 6.20 Å². The van der Waals surface area contributed by atoms with E-state index in [9.17, 15) is 5.11 Å². The predicted octanol–water partition coefficient (Wildman–Crippen LogP) is 0.865. The second-order valence-corrected chi connectivity index (χ2v) is 4.37. The molecule has 1 unspecified atom stereocenters. The highest BCUT2D eigenvalue weighted by molar-refractivity contribution is 5.30. The van der Waals surface area contributed by atoms with Gasteiger partial charge in [0.2, 0.25) is 0 Å². The summed E-state index contributed by atoms with van der Waals surface area (Å²) in [5, 5.41) is 12.4. The Bertz CT molecular complexity index is 341. The van der Waals surface area contributed by atoms with Crippen LogP contribution in [0.5, 0.6) is 0 Å². The van der Waals surface area contributed by atoms with Gasteiger partial charge in [0.1, 0.15) is 5.82 Å². The average Bonchev–Trinajstić information content (AvgIpc) is 2.79. The minimum absolute atomic E-state index is 0.239. The van der Waals surface area contributed by atoms with Crippen LogP contribution in [-0.2, 0) is 6.54 Å². The highest BCUT2D eigenvalue weighted by Crippen LogP contribution is 2.18. The molecule has 0 radical (unpaired) electrons. The first kappa shape index (κ1) is 12.3. The molecule has 1 atom stereocenters. The number of likely N-dealkylation sites (tertiary alicyclic amines) is 1. The quantitative estimate of drug-likeness (QED) is 0.794. The summed E-state index contributed by atoms with van der Waals surface area (Å²) in [6.45, 7) is 4.95. The van der Waals surface area contributed by atoms with Crippen molar-refractivity contribution >= 4 is 5.82 Å². The summed E-state index contributed by atoms with van der Waals surface area (Å²) in [5.74, 6) is 0.816. The molecule has 1 aliphatic rings. The summed E-state index contributed by atoms with van der Waals surface area (Å²) in [4.78, 5) is 11.0. The standard InChI is InChI=1S/C12H20N4O/c1-2-13-12-7-14-10(6-15-12)8-16-5-3-4-11(16)9-17/h6-7,11,17H,2-5,8-9H2,1H3,(H,13,15). The molecule has 1 fully saturated rings. The molecule has 0 aliphatic carbocycles. The van der Waals surface area contributed by atoms with Crippen molar-refractivity contribution in [3.8, 4) is 0 Å². The lowest BCUT2D eigenvalue weighted by Crippen LogP contribution is -2.31. The van der Waals surface area contributed by atoms with E-state index >= 15 is 0 Å². The van der Waals surface area contributed by atoms with Crippen LogP contribution in [0, 0.1) is 0 Å². The van der Waals surface area contributed by atoms with Gasteiger partial charge in [-0.15, -0.1) is 0 Å². The van der Waals surface area contributed by atoms with Crippen molar-refractivity contribution in [3.05, 3.63) is 18.1 Å². The van der Waals surface area contributed by atoms with Crippen LogP contribution < -0.4 is 5.32 Å². The highest BCUT2D eigenvalue weighted by atomic mass is 16.3. The third-order valence-electron chi connectivity index (χ3n) is 3.14. The fraction of sp³-hybridized carbons (Fsp3) is 0.667. The zero-order valence-electron chi connectivity index (χ0n) is 10.3. The van der Waals surface area contributed by atoms with Gasteiger partial charge in [-0.05, 0) is 26.3 Å². The molecule has 94 valence electrons. The molecule has 1 aromatic rings. The van der Waals surface area contributed by atoms with E-state index in [2.05, 4.69) is 20.2 Å². The van der Waals surface area contributed by atoms with E-state index in [0.717, 1.165) is 44.0 Å². The van der Waals surface area contributed by atoms with E-state index in [1.807, 2.05) is 13.1 Å².